The molecule has 10 heteroatoms. The number of rotatable bonds is 7. The number of carbonyl (C=O) groups excluding carboxylic acids is 2. The fourth-order valence-electron chi connectivity index (χ4n) is 2.19. The van der Waals surface area contributed by atoms with Gasteiger partial charge in [-0.3, -0.25) is 14.9 Å². The van der Waals surface area contributed by atoms with Gasteiger partial charge in [0.25, 0.3) is 5.91 Å². The van der Waals surface area contributed by atoms with Crippen LogP contribution in [0.25, 0.3) is 6.08 Å². The molecule has 29 heavy (non-hydrogen) atoms. The molecule has 1 aromatic rings. The van der Waals surface area contributed by atoms with Crippen molar-refractivity contribution in [1.29, 1.82) is 5.26 Å². The van der Waals surface area contributed by atoms with Crippen molar-refractivity contribution in [3.8, 4) is 29.4 Å². The van der Waals surface area contributed by atoms with Crippen molar-refractivity contribution in [2.24, 2.45) is 0 Å². The predicted octanol–water partition coefficient (Wildman–Crippen LogP) is 2.61. The molecule has 0 spiro atoms. The highest BCUT2D eigenvalue weighted by molar-refractivity contribution is 6.01. The maximum Gasteiger partial charge on any atom is 0.514 e. The second kappa shape index (κ2) is 10.9. The molecule has 0 aliphatic carbocycles. The first kappa shape index (κ1) is 23.0. The van der Waals surface area contributed by atoms with Crippen LogP contribution >= 0.6 is 0 Å². The summed E-state index contributed by atoms with van der Waals surface area (Å²) in [6.45, 7) is 5.47. The molecule has 0 aliphatic rings. The highest BCUT2D eigenvalue weighted by Gasteiger charge is 2.23. The number of carbonyl (C=O) groups is 2. The number of benzene rings is 1. The van der Waals surface area contributed by atoms with Crippen LogP contribution in [-0.2, 0) is 9.53 Å². The first-order valence-electron chi connectivity index (χ1n) is 8.45. The molecule has 152 valence electrons. The monoisotopic (exact) mass is 401 g/mol. The Bertz CT molecular complexity index is 932. The van der Waals surface area contributed by atoms with Crippen LogP contribution in [0.4, 0.5) is 10.5 Å². The molecule has 10 nitrogen and oxygen atoms in total. The molecule has 0 saturated heterocycles. The maximum absolute atomic E-state index is 12.4. The zero-order chi connectivity index (χ0) is 22.0. The van der Waals surface area contributed by atoms with E-state index in [9.17, 15) is 30.1 Å². The number of ether oxygens (including phenoxy) is 2. The molecule has 0 aliphatic heterocycles. The second-order valence-electron chi connectivity index (χ2n) is 5.36. The minimum atomic E-state index is -1.24. The van der Waals surface area contributed by atoms with E-state index in [1.165, 1.54) is 11.8 Å². The molecule has 0 heterocycles. The summed E-state index contributed by atoms with van der Waals surface area (Å²) < 4.78 is 9.44. The lowest BCUT2D eigenvalue weighted by Crippen LogP contribution is -2.31. The minimum absolute atomic E-state index is 0.00251. The number of phenols is 1. The Hall–Kier alpha value is -4.05. The summed E-state index contributed by atoms with van der Waals surface area (Å²) in [7, 11) is 0. The third-order valence-corrected chi connectivity index (χ3v) is 3.62. The topological polar surface area (TPSA) is 143 Å². The molecule has 0 aromatic heterocycles. The first-order chi connectivity index (χ1) is 13.8. The number of aromatic hydroxyl groups is 1. The summed E-state index contributed by atoms with van der Waals surface area (Å²) in [5.41, 5.74) is -1.05. The van der Waals surface area contributed by atoms with Crippen LogP contribution in [0.2, 0.25) is 0 Å². The Morgan fingerprint density at radius 1 is 1.34 bits per heavy atom. The highest BCUT2D eigenvalue weighted by atomic mass is 16.7. The average Bonchev–Trinajstić information content (AvgIpc) is 2.69. The van der Waals surface area contributed by atoms with E-state index in [-0.39, 0.29) is 17.7 Å². The predicted molar refractivity (Wildman–Crippen MR) is 102 cm³/mol. The van der Waals surface area contributed by atoms with E-state index in [2.05, 4.69) is 16.6 Å². The number of phenolic OH excluding ortho intramolecular Hbond substituents is 1. The Balaban J connectivity index is 3.36. The summed E-state index contributed by atoms with van der Waals surface area (Å²) in [5, 5.41) is 30.5. The Labute approximate surface area is 167 Å². The average molecular weight is 401 g/mol. The van der Waals surface area contributed by atoms with Gasteiger partial charge in [-0.2, -0.15) is 5.26 Å². The van der Waals surface area contributed by atoms with E-state index in [4.69, 9.17) is 4.74 Å². The van der Waals surface area contributed by atoms with Crippen molar-refractivity contribution in [2.45, 2.75) is 20.8 Å². The van der Waals surface area contributed by atoms with E-state index < -0.39 is 34.2 Å². The molecular weight excluding hydrogens is 382 g/mol. The molecule has 0 fully saturated rings. The van der Waals surface area contributed by atoms with E-state index >= 15 is 0 Å². The molecule has 0 atom stereocenters. The van der Waals surface area contributed by atoms with E-state index in [0.717, 1.165) is 18.2 Å². The normalized spacial score (nSPS) is 10.2. The number of hydrogen-bond acceptors (Lipinski definition) is 8. The summed E-state index contributed by atoms with van der Waals surface area (Å²) in [6.07, 6.45) is -0.133. The van der Waals surface area contributed by atoms with Gasteiger partial charge in [-0.25, -0.2) is 4.79 Å². The van der Waals surface area contributed by atoms with Crippen LogP contribution < -0.4 is 4.74 Å². The third kappa shape index (κ3) is 6.26. The molecule has 1 rings (SSSR count). The molecule has 1 N–H and O–H groups in total. The van der Waals surface area contributed by atoms with Crippen LogP contribution in [0.3, 0.4) is 0 Å². The van der Waals surface area contributed by atoms with Crippen molar-refractivity contribution in [3.05, 3.63) is 33.4 Å². The molecular formula is C19H19N3O7. The quantitative estimate of drug-likeness (QED) is 0.140. The van der Waals surface area contributed by atoms with Gasteiger partial charge in [0, 0.05) is 19.2 Å². The zero-order valence-electron chi connectivity index (χ0n) is 16.1. The number of nitro benzene ring substituents is 1. The largest absolute Gasteiger partial charge is 0.514 e. The van der Waals surface area contributed by atoms with Gasteiger partial charge in [0.2, 0.25) is 5.75 Å². The van der Waals surface area contributed by atoms with E-state index in [1.54, 1.807) is 19.9 Å². The number of amides is 1. The van der Waals surface area contributed by atoms with Crippen LogP contribution in [0.15, 0.2) is 17.7 Å². The molecule has 0 saturated carbocycles. The van der Waals surface area contributed by atoms with Gasteiger partial charge in [-0.05, 0) is 38.5 Å². The molecule has 1 amide bonds. The number of nitro groups is 1. The fourth-order valence-corrected chi connectivity index (χ4v) is 2.19. The maximum atomic E-state index is 12.4. The van der Waals surface area contributed by atoms with Gasteiger partial charge in [0.15, 0.2) is 12.4 Å². The molecule has 1 aromatic carbocycles. The highest BCUT2D eigenvalue weighted by Crippen LogP contribution is 2.38. The fraction of sp³-hybridized carbons (Fsp3) is 0.316. The van der Waals surface area contributed by atoms with Gasteiger partial charge in [0.1, 0.15) is 11.6 Å². The van der Waals surface area contributed by atoms with Crippen molar-refractivity contribution < 1.29 is 29.1 Å². The molecule has 0 radical (unpaired) electrons. The van der Waals surface area contributed by atoms with Crippen molar-refractivity contribution in [3.63, 3.8) is 0 Å². The van der Waals surface area contributed by atoms with Crippen molar-refractivity contribution in [2.75, 3.05) is 19.7 Å². The zero-order valence-corrected chi connectivity index (χ0v) is 16.1. The summed E-state index contributed by atoms with van der Waals surface area (Å²) in [6, 6.07) is 3.77. The Kier molecular flexibility index (Phi) is 8.68. The summed E-state index contributed by atoms with van der Waals surface area (Å²) in [5.74, 6) is 2.92. The van der Waals surface area contributed by atoms with Crippen LogP contribution in [-0.4, -0.2) is 46.7 Å². The first-order valence-corrected chi connectivity index (χ1v) is 8.45. The number of nitriles is 1. The second-order valence-corrected chi connectivity index (χ2v) is 5.36. The van der Waals surface area contributed by atoms with Gasteiger partial charge >= 0.3 is 11.8 Å². The lowest BCUT2D eigenvalue weighted by Gasteiger charge is -2.17. The third-order valence-electron chi connectivity index (χ3n) is 3.62. The number of likely N-dealkylation sites (N-methyl/N-ethyl adjacent to an activating group) is 1. The standard InChI is InChI=1S/C19H19N3O7/c1-4-7-8-28-19(25)29-16-11-13(10-15(17(16)23)22(26)27)9-14(12-20)18(24)21(5-2)6-3/h9-11,23H,5-6,8H2,1-3H3/b14-9+. The van der Waals surface area contributed by atoms with Gasteiger partial charge < -0.3 is 19.5 Å². The minimum Gasteiger partial charge on any atom is -0.499 e. The van der Waals surface area contributed by atoms with Crippen LogP contribution in [0.5, 0.6) is 11.5 Å². The van der Waals surface area contributed by atoms with E-state index in [0.29, 0.717) is 13.1 Å². The van der Waals surface area contributed by atoms with Crippen molar-refractivity contribution >= 4 is 23.8 Å². The molecule has 0 bridgehead atoms. The summed E-state index contributed by atoms with van der Waals surface area (Å²) >= 11 is 0. The molecule has 0 unspecified atom stereocenters. The van der Waals surface area contributed by atoms with Gasteiger partial charge in [0.05, 0.1) is 4.92 Å². The number of nitrogens with zero attached hydrogens (tertiary/aromatic N) is 3. The smallest absolute Gasteiger partial charge is 0.499 e. The summed E-state index contributed by atoms with van der Waals surface area (Å²) in [4.78, 5) is 35.7. The van der Waals surface area contributed by atoms with Gasteiger partial charge in [-0.15, -0.1) is 5.92 Å². The Morgan fingerprint density at radius 2 is 2.00 bits per heavy atom. The van der Waals surface area contributed by atoms with Gasteiger partial charge in [-0.1, -0.05) is 5.92 Å². The lowest BCUT2D eigenvalue weighted by molar-refractivity contribution is -0.385. The Morgan fingerprint density at radius 3 is 2.52 bits per heavy atom. The SMILES string of the molecule is CC#CCOC(=O)Oc1cc(/C=C(\C#N)C(=O)N(CC)CC)cc([N+](=O)[O-])c1O. The van der Waals surface area contributed by atoms with Crippen LogP contribution in [0.1, 0.15) is 26.3 Å². The lowest BCUT2D eigenvalue weighted by atomic mass is 10.1. The van der Waals surface area contributed by atoms with Crippen LogP contribution in [0, 0.1) is 33.3 Å². The van der Waals surface area contributed by atoms with Crippen molar-refractivity contribution in [1.82, 2.24) is 4.90 Å². The van der Waals surface area contributed by atoms with E-state index in [1.807, 2.05) is 0 Å². The number of hydrogen-bond donors (Lipinski definition) is 1.